The molecule has 8 heteroatoms. The molecular weight excluding hydrogens is 278 g/mol. The zero-order chi connectivity index (χ0) is 16.4. The van der Waals surface area contributed by atoms with E-state index in [-0.39, 0.29) is 0 Å². The third-order valence-electron chi connectivity index (χ3n) is 3.09. The first-order chi connectivity index (χ1) is 9.55. The van der Waals surface area contributed by atoms with Crippen LogP contribution in [0.2, 0.25) is 0 Å². The summed E-state index contributed by atoms with van der Waals surface area (Å²) < 4.78 is 0. The molecule has 0 saturated carbocycles. The maximum Gasteiger partial charge on any atom is 0.331 e. The topological polar surface area (TPSA) is 119 Å². The van der Waals surface area contributed by atoms with Gasteiger partial charge in [0, 0.05) is 11.8 Å². The molecule has 1 heterocycles. The van der Waals surface area contributed by atoms with Crippen LogP contribution in [0.1, 0.15) is 27.7 Å². The standard InChI is InChI=1S/C13H21N3O5/c1-12(2,3)16-10(20)8(9(19)15-11(16)21)5-14-13(4,6-17)7-18/h5,8,17-18H,6-7H2,1-4H3,(H,15,19,21)/t8-/m1/s1. The molecule has 1 rings (SSSR count). The third kappa shape index (κ3) is 3.64. The van der Waals surface area contributed by atoms with E-state index in [4.69, 9.17) is 10.2 Å². The molecule has 0 aromatic heterocycles. The Bertz CT molecular complexity index is 477. The van der Waals surface area contributed by atoms with E-state index in [1.165, 1.54) is 6.92 Å². The van der Waals surface area contributed by atoms with Gasteiger partial charge in [-0.1, -0.05) is 0 Å². The number of aliphatic hydroxyl groups is 2. The SMILES string of the molecule is CC(CO)(CO)N=C[C@@H]1C(=O)NC(=O)N(C(C)(C)C)C1=O. The van der Waals surface area contributed by atoms with Gasteiger partial charge in [0.25, 0.3) is 0 Å². The number of barbiturate groups is 1. The lowest BCUT2D eigenvalue weighted by atomic mass is 9.99. The van der Waals surface area contributed by atoms with E-state index < -0.39 is 48.1 Å². The van der Waals surface area contributed by atoms with Crippen molar-refractivity contribution in [1.82, 2.24) is 10.2 Å². The number of aliphatic hydroxyl groups excluding tert-OH is 2. The first-order valence-corrected chi connectivity index (χ1v) is 6.52. The summed E-state index contributed by atoms with van der Waals surface area (Å²) in [5, 5.41) is 20.4. The fraction of sp³-hybridized carbons (Fsp3) is 0.692. The Balaban J connectivity index is 3.07. The second kappa shape index (κ2) is 5.90. The molecule has 0 spiro atoms. The van der Waals surface area contributed by atoms with Crippen molar-refractivity contribution in [2.45, 2.75) is 38.8 Å². The molecule has 0 radical (unpaired) electrons. The Morgan fingerprint density at radius 1 is 1.19 bits per heavy atom. The normalized spacial score (nSPS) is 21.1. The van der Waals surface area contributed by atoms with E-state index in [0.29, 0.717) is 0 Å². The van der Waals surface area contributed by atoms with Crippen molar-refractivity contribution in [2.24, 2.45) is 10.9 Å². The zero-order valence-corrected chi connectivity index (χ0v) is 12.6. The van der Waals surface area contributed by atoms with Gasteiger partial charge in [-0.2, -0.15) is 0 Å². The minimum absolute atomic E-state index is 0.440. The number of rotatable bonds is 4. The summed E-state index contributed by atoms with van der Waals surface area (Å²) in [4.78, 5) is 40.7. The summed E-state index contributed by atoms with van der Waals surface area (Å²) in [6.07, 6.45) is 1.06. The van der Waals surface area contributed by atoms with E-state index in [9.17, 15) is 14.4 Å². The van der Waals surface area contributed by atoms with Gasteiger partial charge in [0.2, 0.25) is 11.8 Å². The Kier molecular flexibility index (Phi) is 4.85. The number of hydrogen-bond donors (Lipinski definition) is 3. The van der Waals surface area contributed by atoms with Crippen LogP contribution in [0.25, 0.3) is 0 Å². The van der Waals surface area contributed by atoms with Crippen LogP contribution in [-0.4, -0.2) is 63.5 Å². The van der Waals surface area contributed by atoms with Crippen molar-refractivity contribution in [2.75, 3.05) is 13.2 Å². The van der Waals surface area contributed by atoms with Crippen LogP contribution < -0.4 is 5.32 Å². The molecule has 0 aromatic carbocycles. The molecule has 1 aliphatic rings. The summed E-state index contributed by atoms with van der Waals surface area (Å²) in [5.41, 5.74) is -1.97. The Hall–Kier alpha value is -1.80. The lowest BCUT2D eigenvalue weighted by Gasteiger charge is -2.38. The Morgan fingerprint density at radius 2 is 1.71 bits per heavy atom. The highest BCUT2D eigenvalue weighted by Gasteiger charge is 2.44. The van der Waals surface area contributed by atoms with Crippen molar-refractivity contribution in [3.05, 3.63) is 0 Å². The van der Waals surface area contributed by atoms with Crippen molar-refractivity contribution in [3.8, 4) is 0 Å². The Labute approximate surface area is 122 Å². The molecule has 3 N–H and O–H groups in total. The quantitative estimate of drug-likeness (QED) is 0.468. The van der Waals surface area contributed by atoms with Gasteiger partial charge in [0.1, 0.15) is 5.54 Å². The summed E-state index contributed by atoms with van der Waals surface area (Å²) in [7, 11) is 0. The highest BCUT2D eigenvalue weighted by atomic mass is 16.3. The van der Waals surface area contributed by atoms with Gasteiger partial charge in [0.15, 0.2) is 5.92 Å². The number of carbonyl (C=O) groups is 3. The molecule has 1 saturated heterocycles. The molecule has 0 bridgehead atoms. The summed E-state index contributed by atoms with van der Waals surface area (Å²) in [5.74, 6) is -2.72. The van der Waals surface area contributed by atoms with E-state index in [0.717, 1.165) is 11.1 Å². The summed E-state index contributed by atoms with van der Waals surface area (Å²) in [6, 6.07) is -0.769. The van der Waals surface area contributed by atoms with Gasteiger partial charge >= 0.3 is 6.03 Å². The molecule has 0 unspecified atom stereocenters. The van der Waals surface area contributed by atoms with Crippen LogP contribution >= 0.6 is 0 Å². The summed E-state index contributed by atoms with van der Waals surface area (Å²) >= 11 is 0. The first-order valence-electron chi connectivity index (χ1n) is 6.52. The molecule has 4 amide bonds. The second-order valence-electron chi connectivity index (χ2n) is 6.21. The minimum atomic E-state index is -1.26. The number of amides is 4. The number of nitrogens with one attached hydrogen (secondary N) is 1. The number of imide groups is 2. The van der Waals surface area contributed by atoms with Crippen molar-refractivity contribution in [1.29, 1.82) is 0 Å². The summed E-state index contributed by atoms with van der Waals surface area (Å²) in [6.45, 7) is 5.59. The molecule has 1 atom stereocenters. The van der Waals surface area contributed by atoms with Crippen molar-refractivity contribution in [3.63, 3.8) is 0 Å². The maximum atomic E-state index is 12.3. The van der Waals surface area contributed by atoms with E-state index in [1.54, 1.807) is 20.8 Å². The number of aliphatic imine (C=N–C) groups is 1. The number of carbonyl (C=O) groups excluding carboxylic acids is 3. The van der Waals surface area contributed by atoms with Crippen LogP contribution in [0, 0.1) is 5.92 Å². The molecular formula is C13H21N3O5. The molecule has 1 aliphatic heterocycles. The van der Waals surface area contributed by atoms with Gasteiger partial charge in [-0.25, -0.2) is 4.79 Å². The predicted octanol–water partition coefficient (Wildman–Crippen LogP) is -0.706. The van der Waals surface area contributed by atoms with Gasteiger partial charge in [-0.15, -0.1) is 0 Å². The van der Waals surface area contributed by atoms with Gasteiger partial charge < -0.3 is 10.2 Å². The smallest absolute Gasteiger partial charge is 0.331 e. The Morgan fingerprint density at radius 3 is 2.14 bits per heavy atom. The fourth-order valence-corrected chi connectivity index (χ4v) is 1.74. The van der Waals surface area contributed by atoms with Crippen LogP contribution in [0.3, 0.4) is 0 Å². The van der Waals surface area contributed by atoms with E-state index in [2.05, 4.69) is 10.3 Å². The maximum absolute atomic E-state index is 12.3. The lowest BCUT2D eigenvalue weighted by Crippen LogP contribution is -2.63. The van der Waals surface area contributed by atoms with Gasteiger partial charge in [-0.05, 0) is 27.7 Å². The highest BCUT2D eigenvalue weighted by molar-refractivity contribution is 6.23. The average Bonchev–Trinajstić information content (AvgIpc) is 2.35. The number of urea groups is 1. The van der Waals surface area contributed by atoms with Crippen LogP contribution in [0.5, 0.6) is 0 Å². The van der Waals surface area contributed by atoms with Gasteiger partial charge in [0.05, 0.1) is 13.2 Å². The van der Waals surface area contributed by atoms with Crippen LogP contribution in [0.15, 0.2) is 4.99 Å². The van der Waals surface area contributed by atoms with E-state index in [1.807, 2.05) is 0 Å². The van der Waals surface area contributed by atoms with Crippen LogP contribution in [0.4, 0.5) is 4.79 Å². The van der Waals surface area contributed by atoms with Crippen molar-refractivity contribution < 1.29 is 24.6 Å². The molecule has 118 valence electrons. The fourth-order valence-electron chi connectivity index (χ4n) is 1.74. The number of hydrogen-bond acceptors (Lipinski definition) is 6. The highest BCUT2D eigenvalue weighted by Crippen LogP contribution is 2.20. The first kappa shape index (κ1) is 17.3. The predicted molar refractivity (Wildman–Crippen MR) is 74.7 cm³/mol. The van der Waals surface area contributed by atoms with E-state index >= 15 is 0 Å². The van der Waals surface area contributed by atoms with Crippen molar-refractivity contribution >= 4 is 24.1 Å². The van der Waals surface area contributed by atoms with Crippen LogP contribution in [-0.2, 0) is 9.59 Å². The molecule has 0 aliphatic carbocycles. The third-order valence-corrected chi connectivity index (χ3v) is 3.09. The molecule has 21 heavy (non-hydrogen) atoms. The monoisotopic (exact) mass is 299 g/mol. The molecule has 8 nitrogen and oxygen atoms in total. The largest absolute Gasteiger partial charge is 0.394 e. The van der Waals surface area contributed by atoms with Gasteiger partial charge in [-0.3, -0.25) is 24.8 Å². The molecule has 1 fully saturated rings. The average molecular weight is 299 g/mol. The zero-order valence-electron chi connectivity index (χ0n) is 12.6. The second-order valence-corrected chi connectivity index (χ2v) is 6.21. The molecule has 0 aromatic rings. The minimum Gasteiger partial charge on any atom is -0.394 e. The lowest BCUT2D eigenvalue weighted by molar-refractivity contribution is -0.142. The number of nitrogens with zero attached hydrogens (tertiary/aromatic N) is 2.